The molecule has 0 spiro atoms. The van der Waals surface area contributed by atoms with Crippen LogP contribution in [0.15, 0.2) is 28.4 Å². The number of carbonyl (C=O) groups is 1. The number of hydrogen-bond donors (Lipinski definition) is 3. The molecule has 4 rings (SSSR count). The molecule has 3 aromatic rings. The lowest BCUT2D eigenvalue weighted by molar-refractivity contribution is 0.0940. The van der Waals surface area contributed by atoms with Crippen molar-refractivity contribution in [3.05, 3.63) is 56.7 Å². The highest BCUT2D eigenvalue weighted by molar-refractivity contribution is 7.16. The van der Waals surface area contributed by atoms with E-state index in [4.69, 9.17) is 9.47 Å². The van der Waals surface area contributed by atoms with Crippen LogP contribution < -0.4 is 20.9 Å². The van der Waals surface area contributed by atoms with E-state index in [2.05, 4.69) is 20.6 Å². The van der Waals surface area contributed by atoms with Gasteiger partial charge in [-0.1, -0.05) is 6.07 Å². The zero-order chi connectivity index (χ0) is 23.2. The molecule has 8 nitrogen and oxygen atoms in total. The molecule has 1 aliphatic rings. The first-order valence-electron chi connectivity index (χ1n) is 10.9. The molecule has 0 saturated carbocycles. The largest absolute Gasteiger partial charge is 0.494 e. The molecule has 10 heteroatoms. The molecule has 1 fully saturated rings. The molecule has 1 aromatic carbocycles. The van der Waals surface area contributed by atoms with Crippen molar-refractivity contribution in [1.82, 2.24) is 20.6 Å². The van der Waals surface area contributed by atoms with Crippen molar-refractivity contribution in [2.24, 2.45) is 5.92 Å². The molecular weight excluding hydrogens is 447 g/mol. The highest BCUT2D eigenvalue weighted by Crippen LogP contribution is 2.23. The Morgan fingerprint density at radius 3 is 2.94 bits per heavy atom. The number of hydrogen-bond acceptors (Lipinski definition) is 7. The van der Waals surface area contributed by atoms with Crippen LogP contribution in [-0.2, 0) is 17.9 Å². The Balaban J connectivity index is 1.36. The molecule has 2 aromatic heterocycles. The van der Waals surface area contributed by atoms with E-state index in [0.717, 1.165) is 25.1 Å². The summed E-state index contributed by atoms with van der Waals surface area (Å²) in [5, 5.41) is 8.35. The number of fused-ring (bicyclic) bond motifs is 1. The van der Waals surface area contributed by atoms with E-state index in [1.54, 1.807) is 6.07 Å². The number of aromatic nitrogens is 2. The number of methoxy groups -OCH3 is 1. The lowest BCUT2D eigenvalue weighted by atomic mass is 9.95. The number of nitrogens with one attached hydrogen (secondary N) is 3. The molecule has 0 atom stereocenters. The van der Waals surface area contributed by atoms with Gasteiger partial charge in [0.1, 0.15) is 4.83 Å². The number of piperidine rings is 1. The second-order valence-corrected chi connectivity index (χ2v) is 8.90. The summed E-state index contributed by atoms with van der Waals surface area (Å²) in [5.41, 5.74) is 1.07. The molecule has 0 bridgehead atoms. The number of thiophene rings is 1. The van der Waals surface area contributed by atoms with E-state index in [1.165, 1.54) is 43.4 Å². The molecule has 0 aliphatic carbocycles. The highest BCUT2D eigenvalue weighted by atomic mass is 32.1. The standard InChI is InChI=1S/C23H27FN4O4S/c1-31-18-10-15(2-3-17(18)24)11-26-22(30)20-27-21(29)19-16(13-33-23(19)28-20)12-32-9-6-14-4-7-25-8-5-14/h2-3,10,13-14,25H,4-9,11-12H2,1H3,(H,26,30)(H,27,28,29). The van der Waals surface area contributed by atoms with Gasteiger partial charge >= 0.3 is 0 Å². The van der Waals surface area contributed by atoms with E-state index < -0.39 is 11.7 Å². The van der Waals surface area contributed by atoms with Crippen molar-refractivity contribution >= 4 is 27.5 Å². The van der Waals surface area contributed by atoms with Crippen LogP contribution in [0.2, 0.25) is 0 Å². The summed E-state index contributed by atoms with van der Waals surface area (Å²) in [7, 11) is 1.37. The van der Waals surface area contributed by atoms with Gasteiger partial charge in [0.05, 0.1) is 19.1 Å². The van der Waals surface area contributed by atoms with Crippen LogP contribution in [0.4, 0.5) is 4.39 Å². The first kappa shape index (κ1) is 23.3. The van der Waals surface area contributed by atoms with Gasteiger partial charge in [0, 0.05) is 18.7 Å². The van der Waals surface area contributed by atoms with E-state index in [9.17, 15) is 14.0 Å². The Hall–Kier alpha value is -2.82. The molecule has 176 valence electrons. The molecule has 3 heterocycles. The number of carbonyl (C=O) groups excluding carboxylic acids is 1. The van der Waals surface area contributed by atoms with Crippen LogP contribution in [0.25, 0.3) is 10.2 Å². The predicted molar refractivity (Wildman–Crippen MR) is 124 cm³/mol. The van der Waals surface area contributed by atoms with Crippen molar-refractivity contribution < 1.29 is 18.7 Å². The number of H-pyrrole nitrogens is 1. The lowest BCUT2D eigenvalue weighted by Crippen LogP contribution is -2.28. The number of rotatable bonds is 9. The van der Waals surface area contributed by atoms with Crippen LogP contribution in [0, 0.1) is 11.7 Å². The summed E-state index contributed by atoms with van der Waals surface area (Å²) in [6.07, 6.45) is 3.37. The van der Waals surface area contributed by atoms with Crippen LogP contribution in [0.1, 0.15) is 41.0 Å². The van der Waals surface area contributed by atoms with Gasteiger partial charge in [0.25, 0.3) is 11.5 Å². The number of benzene rings is 1. The summed E-state index contributed by atoms with van der Waals surface area (Å²) < 4.78 is 24.3. The van der Waals surface area contributed by atoms with E-state index in [0.29, 0.717) is 34.9 Å². The fourth-order valence-corrected chi connectivity index (χ4v) is 4.83. The van der Waals surface area contributed by atoms with Gasteiger partial charge in [-0.25, -0.2) is 9.37 Å². The minimum atomic E-state index is -0.523. The molecule has 3 N–H and O–H groups in total. The van der Waals surface area contributed by atoms with Crippen molar-refractivity contribution in [2.45, 2.75) is 32.4 Å². The zero-order valence-electron chi connectivity index (χ0n) is 18.4. The maximum Gasteiger partial charge on any atom is 0.287 e. The minimum absolute atomic E-state index is 0.0678. The van der Waals surface area contributed by atoms with Crippen molar-refractivity contribution in [3.63, 3.8) is 0 Å². The molecule has 1 saturated heterocycles. The van der Waals surface area contributed by atoms with Crippen LogP contribution in [-0.4, -0.2) is 42.7 Å². The maximum atomic E-state index is 13.5. The van der Waals surface area contributed by atoms with Gasteiger partial charge in [-0.3, -0.25) is 9.59 Å². The summed E-state index contributed by atoms with van der Waals surface area (Å²) in [6, 6.07) is 4.33. The second-order valence-electron chi connectivity index (χ2n) is 8.04. The third-order valence-electron chi connectivity index (χ3n) is 5.79. The first-order valence-corrected chi connectivity index (χ1v) is 11.8. The normalized spacial score (nSPS) is 14.5. The maximum absolute atomic E-state index is 13.5. The van der Waals surface area contributed by atoms with Crippen molar-refractivity contribution in [1.29, 1.82) is 0 Å². The number of halogens is 1. The number of ether oxygens (including phenoxy) is 2. The Morgan fingerprint density at radius 2 is 2.15 bits per heavy atom. The Labute approximate surface area is 194 Å². The van der Waals surface area contributed by atoms with Gasteiger partial charge in [-0.15, -0.1) is 11.3 Å². The Bertz CT molecular complexity index is 1170. The summed E-state index contributed by atoms with van der Waals surface area (Å²) in [6.45, 7) is 3.26. The van der Waals surface area contributed by atoms with Gasteiger partial charge < -0.3 is 25.1 Å². The minimum Gasteiger partial charge on any atom is -0.494 e. The number of amides is 1. The van der Waals surface area contributed by atoms with Crippen LogP contribution >= 0.6 is 11.3 Å². The third kappa shape index (κ3) is 5.76. The van der Waals surface area contributed by atoms with Crippen molar-refractivity contribution in [3.8, 4) is 5.75 Å². The van der Waals surface area contributed by atoms with Crippen LogP contribution in [0.5, 0.6) is 5.75 Å². The van der Waals surface area contributed by atoms with Gasteiger partial charge in [-0.2, -0.15) is 0 Å². The molecule has 33 heavy (non-hydrogen) atoms. The van der Waals surface area contributed by atoms with E-state index in [-0.39, 0.29) is 23.7 Å². The smallest absolute Gasteiger partial charge is 0.287 e. The third-order valence-corrected chi connectivity index (χ3v) is 6.71. The SMILES string of the molecule is COc1cc(CNC(=O)c2nc3scc(COCCC4CCNCC4)c3c(=O)[nH]2)ccc1F. The fourth-order valence-electron chi connectivity index (χ4n) is 3.90. The molecule has 0 unspecified atom stereocenters. The Kier molecular flexibility index (Phi) is 7.69. The van der Waals surface area contributed by atoms with Gasteiger partial charge in [0.15, 0.2) is 11.6 Å². The Morgan fingerprint density at radius 1 is 1.33 bits per heavy atom. The van der Waals surface area contributed by atoms with Gasteiger partial charge in [-0.05, 0) is 61.3 Å². The lowest BCUT2D eigenvalue weighted by Gasteiger charge is -2.22. The first-order chi connectivity index (χ1) is 16.0. The summed E-state index contributed by atoms with van der Waals surface area (Å²) >= 11 is 1.31. The average Bonchev–Trinajstić information content (AvgIpc) is 3.25. The van der Waals surface area contributed by atoms with Crippen LogP contribution in [0.3, 0.4) is 0 Å². The fraction of sp³-hybridized carbons (Fsp3) is 0.435. The molecule has 0 radical (unpaired) electrons. The van der Waals surface area contributed by atoms with E-state index in [1.807, 2.05) is 5.38 Å². The number of nitrogens with zero attached hydrogens (tertiary/aromatic N) is 1. The van der Waals surface area contributed by atoms with Gasteiger partial charge in [0.2, 0.25) is 5.82 Å². The summed E-state index contributed by atoms with van der Waals surface area (Å²) in [4.78, 5) is 32.6. The topological polar surface area (TPSA) is 105 Å². The molecule has 1 amide bonds. The summed E-state index contributed by atoms with van der Waals surface area (Å²) in [5.74, 6) is -0.286. The monoisotopic (exact) mass is 474 g/mol. The highest BCUT2D eigenvalue weighted by Gasteiger charge is 2.17. The zero-order valence-corrected chi connectivity index (χ0v) is 19.2. The second kappa shape index (κ2) is 10.9. The predicted octanol–water partition coefficient (Wildman–Crippen LogP) is 2.97. The molecular formula is C23H27FN4O4S. The quantitative estimate of drug-likeness (QED) is 0.412. The average molecular weight is 475 g/mol. The van der Waals surface area contributed by atoms with E-state index >= 15 is 0 Å². The number of aromatic amines is 1. The molecule has 1 aliphatic heterocycles. The van der Waals surface area contributed by atoms with Crippen molar-refractivity contribution in [2.75, 3.05) is 26.8 Å².